The number of hydrazone groups is 1. The van der Waals surface area contributed by atoms with E-state index < -0.39 is 5.97 Å². The number of aromatic carboxylic acids is 1. The monoisotopic (exact) mass is 481 g/mol. The van der Waals surface area contributed by atoms with Crippen molar-refractivity contribution in [1.82, 2.24) is 0 Å². The van der Waals surface area contributed by atoms with Crippen molar-refractivity contribution in [3.8, 4) is 16.9 Å². The molecule has 0 spiro atoms. The van der Waals surface area contributed by atoms with E-state index in [2.05, 4.69) is 5.10 Å². The number of hydrogen-bond acceptors (Lipinski definition) is 5. The molecule has 0 saturated carbocycles. The Labute approximate surface area is 205 Å². The van der Waals surface area contributed by atoms with Gasteiger partial charge in [-0.1, -0.05) is 48.5 Å². The summed E-state index contributed by atoms with van der Waals surface area (Å²) in [6, 6.07) is 24.9. The molecule has 7 nitrogen and oxygen atoms in total. The Hall–Kier alpha value is -4.69. The number of thiocarbonyl (C=S) groups is 1. The molecule has 4 aromatic carbocycles. The number of phenolic OH excluding ortho intramolecular Hbond substituents is 1. The first kappa shape index (κ1) is 22.1. The van der Waals surface area contributed by atoms with Crippen LogP contribution >= 0.6 is 12.2 Å². The minimum Gasteiger partial charge on any atom is -0.507 e. The fourth-order valence-electron chi connectivity index (χ4n) is 4.02. The molecule has 0 aliphatic rings. The molecule has 0 aliphatic heterocycles. The summed E-state index contributed by atoms with van der Waals surface area (Å²) in [5, 5.41) is 27.8. The quantitative estimate of drug-likeness (QED) is 0.167. The van der Waals surface area contributed by atoms with Gasteiger partial charge in [0.05, 0.1) is 17.5 Å². The largest absolute Gasteiger partial charge is 0.507 e. The maximum absolute atomic E-state index is 11.3. The fourth-order valence-corrected chi connectivity index (χ4v) is 4.18. The first-order valence-electron chi connectivity index (χ1n) is 10.6. The summed E-state index contributed by atoms with van der Waals surface area (Å²) in [6.45, 7) is 0. The van der Waals surface area contributed by atoms with Gasteiger partial charge in [0.15, 0.2) is 5.11 Å². The van der Waals surface area contributed by atoms with Gasteiger partial charge in [0, 0.05) is 21.9 Å². The molecule has 4 N–H and O–H groups in total. The number of carbonyl (C=O) groups is 1. The molecule has 0 bridgehead atoms. The van der Waals surface area contributed by atoms with Gasteiger partial charge < -0.3 is 20.4 Å². The lowest BCUT2D eigenvalue weighted by Crippen LogP contribution is -2.31. The molecule has 0 saturated heterocycles. The van der Waals surface area contributed by atoms with Crippen LogP contribution in [0.2, 0.25) is 0 Å². The van der Waals surface area contributed by atoms with Gasteiger partial charge in [-0.15, -0.1) is 0 Å². The van der Waals surface area contributed by atoms with Crippen molar-refractivity contribution in [2.24, 2.45) is 10.8 Å². The number of para-hydroxylation sites is 2. The average Bonchev–Trinajstić information content (AvgIpc) is 3.24. The molecule has 35 heavy (non-hydrogen) atoms. The molecule has 0 fully saturated rings. The number of fused-ring (bicyclic) bond motifs is 3. The number of phenols is 1. The Bertz CT molecular complexity index is 1640. The topological polar surface area (TPSA) is 112 Å². The maximum atomic E-state index is 11.3. The van der Waals surface area contributed by atoms with Crippen LogP contribution < -0.4 is 10.7 Å². The van der Waals surface area contributed by atoms with Crippen LogP contribution in [0.5, 0.6) is 5.75 Å². The second kappa shape index (κ2) is 8.92. The smallest absolute Gasteiger partial charge is 0.335 e. The number of nitrogens with zero attached hydrogens (tertiary/aromatic N) is 2. The van der Waals surface area contributed by atoms with Crippen molar-refractivity contribution in [2.45, 2.75) is 0 Å². The molecule has 0 unspecified atom stereocenters. The molecule has 172 valence electrons. The molecular formula is C27H19N3O4S. The molecule has 0 amide bonds. The molecule has 5 aromatic rings. The molecular weight excluding hydrogens is 462 g/mol. The zero-order valence-corrected chi connectivity index (χ0v) is 19.1. The summed E-state index contributed by atoms with van der Waals surface area (Å²) in [4.78, 5) is 11.3. The minimum absolute atomic E-state index is 0.0243. The lowest BCUT2D eigenvalue weighted by Gasteiger charge is -2.17. The van der Waals surface area contributed by atoms with Gasteiger partial charge in [-0.25, -0.2) is 9.80 Å². The van der Waals surface area contributed by atoms with Crippen molar-refractivity contribution in [1.29, 1.82) is 0 Å². The number of nitrogens with two attached hydrogens (primary N) is 1. The Kier molecular flexibility index (Phi) is 5.64. The van der Waals surface area contributed by atoms with Crippen molar-refractivity contribution in [3.63, 3.8) is 0 Å². The van der Waals surface area contributed by atoms with Crippen LogP contribution in [0, 0.1) is 0 Å². The van der Waals surface area contributed by atoms with Gasteiger partial charge in [0.2, 0.25) is 0 Å². The highest BCUT2D eigenvalue weighted by Gasteiger charge is 2.16. The van der Waals surface area contributed by atoms with Gasteiger partial charge >= 0.3 is 5.97 Å². The Balaban J connectivity index is 1.58. The molecule has 0 aliphatic carbocycles. The Morgan fingerprint density at radius 1 is 0.943 bits per heavy atom. The highest BCUT2D eigenvalue weighted by atomic mass is 32.1. The average molecular weight is 482 g/mol. The van der Waals surface area contributed by atoms with E-state index in [0.29, 0.717) is 16.8 Å². The highest BCUT2D eigenvalue weighted by molar-refractivity contribution is 7.80. The van der Waals surface area contributed by atoms with Crippen molar-refractivity contribution in [2.75, 3.05) is 5.01 Å². The number of carboxylic acid groups (broad SMARTS) is 1. The van der Waals surface area contributed by atoms with E-state index in [1.165, 1.54) is 23.4 Å². The number of benzene rings is 4. The highest BCUT2D eigenvalue weighted by Crippen LogP contribution is 2.40. The van der Waals surface area contributed by atoms with Crippen molar-refractivity contribution < 1.29 is 19.4 Å². The summed E-state index contributed by atoms with van der Waals surface area (Å²) in [6.07, 6.45) is 1.43. The lowest BCUT2D eigenvalue weighted by molar-refractivity contribution is 0.0697. The standard InChI is InChI=1S/C27H19N3O4S/c28-27(35)30(18-8-3-6-16(14-18)26(32)33)29-15-17-7-4-11-20(25(17)31)19-10-5-13-23-24(19)21-9-1-2-12-22(21)34-23/h1-15,31H,(H2,28,35)(H,32,33). The molecule has 5 rings (SSSR count). The van der Waals surface area contributed by atoms with Crippen LogP contribution in [0.25, 0.3) is 33.1 Å². The first-order chi connectivity index (χ1) is 16.9. The molecule has 0 atom stereocenters. The van der Waals surface area contributed by atoms with Gasteiger partial charge in [0.25, 0.3) is 0 Å². The lowest BCUT2D eigenvalue weighted by atomic mass is 9.97. The Morgan fingerprint density at radius 3 is 2.46 bits per heavy atom. The first-order valence-corrected chi connectivity index (χ1v) is 11.0. The third-order valence-corrected chi connectivity index (χ3v) is 5.79. The van der Waals surface area contributed by atoms with Gasteiger partial charge in [0.1, 0.15) is 16.9 Å². The summed E-state index contributed by atoms with van der Waals surface area (Å²) in [5.41, 5.74) is 9.66. The van der Waals surface area contributed by atoms with Crippen molar-refractivity contribution in [3.05, 3.63) is 96.1 Å². The van der Waals surface area contributed by atoms with E-state index in [0.717, 1.165) is 27.5 Å². The van der Waals surface area contributed by atoms with E-state index in [1.807, 2.05) is 54.6 Å². The number of furan rings is 1. The number of aromatic hydroxyl groups is 1. The van der Waals surface area contributed by atoms with Gasteiger partial charge in [-0.3, -0.25) is 0 Å². The van der Waals surface area contributed by atoms with Gasteiger partial charge in [-0.2, -0.15) is 5.10 Å². The minimum atomic E-state index is -1.08. The van der Waals surface area contributed by atoms with Crippen LogP contribution in [-0.4, -0.2) is 27.5 Å². The van der Waals surface area contributed by atoms with Crippen LogP contribution in [0.1, 0.15) is 15.9 Å². The van der Waals surface area contributed by atoms with E-state index in [4.69, 9.17) is 22.4 Å². The number of anilines is 1. The predicted octanol–water partition coefficient (Wildman–Crippen LogP) is 5.74. The summed E-state index contributed by atoms with van der Waals surface area (Å²) >= 11 is 5.12. The maximum Gasteiger partial charge on any atom is 0.335 e. The molecule has 8 heteroatoms. The zero-order chi connectivity index (χ0) is 24.5. The van der Waals surface area contributed by atoms with Gasteiger partial charge in [-0.05, 0) is 54.2 Å². The zero-order valence-electron chi connectivity index (χ0n) is 18.3. The predicted molar refractivity (Wildman–Crippen MR) is 141 cm³/mol. The number of carboxylic acids is 1. The van der Waals surface area contributed by atoms with Crippen LogP contribution in [-0.2, 0) is 0 Å². The molecule has 1 aromatic heterocycles. The third kappa shape index (κ3) is 4.07. The molecule has 1 heterocycles. The van der Waals surface area contributed by atoms with E-state index in [-0.39, 0.29) is 16.4 Å². The van der Waals surface area contributed by atoms with E-state index >= 15 is 0 Å². The number of hydrogen-bond donors (Lipinski definition) is 3. The molecule has 0 radical (unpaired) electrons. The fraction of sp³-hybridized carbons (Fsp3) is 0. The normalized spacial score (nSPS) is 11.3. The second-order valence-electron chi connectivity index (χ2n) is 7.77. The summed E-state index contributed by atoms with van der Waals surface area (Å²) in [7, 11) is 0. The third-order valence-electron chi connectivity index (χ3n) is 5.62. The second-order valence-corrected chi connectivity index (χ2v) is 8.19. The number of rotatable bonds is 5. The Morgan fingerprint density at radius 2 is 1.66 bits per heavy atom. The summed E-state index contributed by atoms with van der Waals surface area (Å²) < 4.78 is 5.98. The van der Waals surface area contributed by atoms with E-state index in [9.17, 15) is 15.0 Å². The van der Waals surface area contributed by atoms with Crippen LogP contribution in [0.15, 0.2) is 94.4 Å². The summed E-state index contributed by atoms with van der Waals surface area (Å²) in [5.74, 6) is -1.05. The SMILES string of the molecule is NC(=S)N(N=Cc1cccc(-c2cccc3oc4ccccc4c23)c1O)c1cccc(C(=O)O)c1. The van der Waals surface area contributed by atoms with E-state index in [1.54, 1.807) is 18.2 Å². The van der Waals surface area contributed by atoms with Crippen LogP contribution in [0.4, 0.5) is 5.69 Å². The van der Waals surface area contributed by atoms with Crippen LogP contribution in [0.3, 0.4) is 0 Å². The van der Waals surface area contributed by atoms with Crippen molar-refractivity contribution >= 4 is 57.1 Å².